The number of thioether (sulfide) groups is 1. The van der Waals surface area contributed by atoms with E-state index in [0.29, 0.717) is 30.2 Å². The lowest BCUT2D eigenvalue weighted by molar-refractivity contribution is -0.133. The Balaban J connectivity index is 2.28. The van der Waals surface area contributed by atoms with E-state index in [1.54, 1.807) is 0 Å². The number of nitrogens with zero attached hydrogens (tertiary/aromatic N) is 1. The molecule has 0 aliphatic heterocycles. The maximum Gasteiger partial charge on any atom is 0.313 e. The van der Waals surface area contributed by atoms with Crippen LogP contribution in [-0.4, -0.2) is 40.0 Å². The van der Waals surface area contributed by atoms with E-state index >= 15 is 0 Å². The Morgan fingerprint density at radius 2 is 2.35 bits per heavy atom. The molecular weight excluding hydrogens is 244 g/mol. The monoisotopic (exact) mass is 258 g/mol. The van der Waals surface area contributed by atoms with Crippen LogP contribution in [0.4, 0.5) is 0 Å². The summed E-state index contributed by atoms with van der Waals surface area (Å²) in [6.07, 6.45) is 1.85. The first-order valence-electron chi connectivity index (χ1n) is 5.15. The first-order chi connectivity index (χ1) is 8.15. The van der Waals surface area contributed by atoms with Crippen LogP contribution >= 0.6 is 11.8 Å². The maximum atomic E-state index is 11.6. The number of oxazole rings is 1. The van der Waals surface area contributed by atoms with E-state index in [1.165, 1.54) is 18.2 Å². The summed E-state index contributed by atoms with van der Waals surface area (Å²) >= 11 is 1.25. The van der Waals surface area contributed by atoms with E-state index in [9.17, 15) is 9.59 Å². The second-order valence-corrected chi connectivity index (χ2v) is 4.29. The molecule has 94 valence electrons. The molecule has 1 amide bonds. The van der Waals surface area contributed by atoms with E-state index in [4.69, 9.17) is 9.52 Å². The Morgan fingerprint density at radius 1 is 1.59 bits per heavy atom. The molecule has 1 rings (SSSR count). The molecule has 0 fully saturated rings. The standard InChI is InChI=1S/C10H14N2O4S/c1-2-7-9(12-6-16-7)10(15)11-3-4-17-5-8(13)14/h6H,2-5H2,1H3,(H,11,15)(H,13,14). The molecule has 0 bridgehead atoms. The van der Waals surface area contributed by atoms with Crippen LogP contribution in [0.1, 0.15) is 23.2 Å². The van der Waals surface area contributed by atoms with Crippen LogP contribution in [0, 0.1) is 0 Å². The fourth-order valence-corrected chi connectivity index (χ4v) is 1.75. The zero-order valence-corrected chi connectivity index (χ0v) is 10.2. The average Bonchev–Trinajstić information content (AvgIpc) is 2.75. The lowest BCUT2D eigenvalue weighted by Crippen LogP contribution is -2.27. The molecule has 0 unspecified atom stereocenters. The second-order valence-electron chi connectivity index (χ2n) is 3.18. The summed E-state index contributed by atoms with van der Waals surface area (Å²) in [5.41, 5.74) is 0.302. The number of aromatic nitrogens is 1. The first-order valence-corrected chi connectivity index (χ1v) is 6.30. The quantitative estimate of drug-likeness (QED) is 0.702. The van der Waals surface area contributed by atoms with Crippen molar-refractivity contribution in [2.45, 2.75) is 13.3 Å². The molecule has 0 aliphatic carbocycles. The summed E-state index contributed by atoms with van der Waals surface area (Å²) in [6.45, 7) is 2.28. The molecule has 2 N–H and O–H groups in total. The molecule has 0 radical (unpaired) electrons. The highest BCUT2D eigenvalue weighted by Gasteiger charge is 2.14. The summed E-state index contributed by atoms with van der Waals surface area (Å²) in [4.78, 5) is 25.7. The Kier molecular flexibility index (Phi) is 5.55. The Labute approximate surface area is 103 Å². The highest BCUT2D eigenvalue weighted by molar-refractivity contribution is 7.99. The minimum atomic E-state index is -0.855. The van der Waals surface area contributed by atoms with Crippen LogP contribution in [0.25, 0.3) is 0 Å². The largest absolute Gasteiger partial charge is 0.481 e. The van der Waals surface area contributed by atoms with E-state index in [0.717, 1.165) is 0 Å². The van der Waals surface area contributed by atoms with Crippen molar-refractivity contribution in [2.24, 2.45) is 0 Å². The van der Waals surface area contributed by atoms with Crippen LogP contribution in [0.3, 0.4) is 0 Å². The molecule has 17 heavy (non-hydrogen) atoms. The zero-order valence-electron chi connectivity index (χ0n) is 9.43. The van der Waals surface area contributed by atoms with Crippen LogP contribution in [-0.2, 0) is 11.2 Å². The van der Waals surface area contributed by atoms with Crippen molar-refractivity contribution in [3.8, 4) is 0 Å². The number of carbonyl (C=O) groups excluding carboxylic acids is 1. The number of carboxylic acid groups (broad SMARTS) is 1. The predicted octanol–water partition coefficient (Wildman–Crippen LogP) is 0.785. The lowest BCUT2D eigenvalue weighted by Gasteiger charge is -2.02. The number of rotatable bonds is 7. The Hall–Kier alpha value is -1.50. The highest BCUT2D eigenvalue weighted by Crippen LogP contribution is 2.07. The minimum Gasteiger partial charge on any atom is -0.481 e. The Morgan fingerprint density at radius 3 is 3.00 bits per heavy atom. The summed E-state index contributed by atoms with van der Waals surface area (Å²) < 4.78 is 5.04. The molecule has 0 atom stereocenters. The molecule has 6 nitrogen and oxygen atoms in total. The van der Waals surface area contributed by atoms with Crippen LogP contribution in [0.15, 0.2) is 10.8 Å². The highest BCUT2D eigenvalue weighted by atomic mass is 32.2. The number of aryl methyl sites for hydroxylation is 1. The fourth-order valence-electron chi connectivity index (χ4n) is 1.19. The maximum absolute atomic E-state index is 11.6. The van der Waals surface area contributed by atoms with Gasteiger partial charge in [0, 0.05) is 18.7 Å². The molecule has 0 saturated heterocycles. The van der Waals surface area contributed by atoms with Gasteiger partial charge in [-0.2, -0.15) is 0 Å². The van der Waals surface area contributed by atoms with E-state index < -0.39 is 5.97 Å². The molecule has 1 aromatic heterocycles. The number of carboxylic acids is 1. The fraction of sp³-hybridized carbons (Fsp3) is 0.500. The van der Waals surface area contributed by atoms with Gasteiger partial charge in [0.1, 0.15) is 5.76 Å². The third-order valence-electron chi connectivity index (χ3n) is 1.93. The van der Waals surface area contributed by atoms with Gasteiger partial charge in [0.15, 0.2) is 12.1 Å². The molecular formula is C10H14N2O4S. The third kappa shape index (κ3) is 4.48. The molecule has 0 aliphatic rings. The number of hydrogen-bond donors (Lipinski definition) is 2. The van der Waals surface area contributed by atoms with Gasteiger partial charge >= 0.3 is 5.97 Å². The normalized spacial score (nSPS) is 10.2. The lowest BCUT2D eigenvalue weighted by atomic mass is 10.3. The predicted molar refractivity (Wildman–Crippen MR) is 63.2 cm³/mol. The second kappa shape index (κ2) is 6.95. The van der Waals surface area contributed by atoms with Gasteiger partial charge in [-0.3, -0.25) is 9.59 Å². The van der Waals surface area contributed by atoms with Gasteiger partial charge in [-0.25, -0.2) is 4.98 Å². The third-order valence-corrected chi connectivity index (χ3v) is 2.88. The molecule has 1 aromatic rings. The summed E-state index contributed by atoms with van der Waals surface area (Å²) in [5.74, 6) is 0.00974. The van der Waals surface area contributed by atoms with Crippen LogP contribution < -0.4 is 5.32 Å². The number of nitrogens with one attached hydrogen (secondary N) is 1. The van der Waals surface area contributed by atoms with Crippen LogP contribution in [0.5, 0.6) is 0 Å². The van der Waals surface area contributed by atoms with E-state index in [-0.39, 0.29) is 11.7 Å². The Bertz CT molecular complexity index is 391. The average molecular weight is 258 g/mol. The van der Waals surface area contributed by atoms with Gasteiger partial charge in [0.05, 0.1) is 5.75 Å². The summed E-state index contributed by atoms with van der Waals surface area (Å²) in [6, 6.07) is 0. The molecule has 1 heterocycles. The van der Waals surface area contributed by atoms with Crippen molar-refractivity contribution < 1.29 is 19.1 Å². The zero-order chi connectivity index (χ0) is 12.7. The topological polar surface area (TPSA) is 92.4 Å². The van der Waals surface area contributed by atoms with Crippen LogP contribution in [0.2, 0.25) is 0 Å². The summed E-state index contributed by atoms with van der Waals surface area (Å²) in [7, 11) is 0. The van der Waals surface area contributed by atoms with Crippen molar-refractivity contribution in [3.05, 3.63) is 17.8 Å². The van der Waals surface area contributed by atoms with E-state index in [1.807, 2.05) is 6.92 Å². The number of hydrogen-bond acceptors (Lipinski definition) is 5. The van der Waals surface area contributed by atoms with Crippen molar-refractivity contribution in [3.63, 3.8) is 0 Å². The van der Waals surface area contributed by atoms with Crippen molar-refractivity contribution in [2.75, 3.05) is 18.1 Å². The van der Waals surface area contributed by atoms with E-state index in [2.05, 4.69) is 10.3 Å². The van der Waals surface area contributed by atoms with Gasteiger partial charge in [-0.1, -0.05) is 6.92 Å². The van der Waals surface area contributed by atoms with Gasteiger partial charge in [0.25, 0.3) is 5.91 Å². The molecule has 0 saturated carbocycles. The van der Waals surface area contributed by atoms with Gasteiger partial charge in [-0.15, -0.1) is 11.8 Å². The minimum absolute atomic E-state index is 0.0417. The number of carbonyl (C=O) groups is 2. The van der Waals surface area contributed by atoms with Crippen molar-refractivity contribution in [1.29, 1.82) is 0 Å². The smallest absolute Gasteiger partial charge is 0.313 e. The van der Waals surface area contributed by atoms with Gasteiger partial charge in [0.2, 0.25) is 0 Å². The number of aliphatic carboxylic acids is 1. The SMILES string of the molecule is CCc1ocnc1C(=O)NCCSCC(=O)O. The summed E-state index contributed by atoms with van der Waals surface area (Å²) in [5, 5.41) is 11.1. The van der Waals surface area contributed by atoms with Gasteiger partial charge < -0.3 is 14.8 Å². The van der Waals surface area contributed by atoms with Crippen molar-refractivity contribution in [1.82, 2.24) is 10.3 Å². The first kappa shape index (κ1) is 13.6. The molecule has 0 spiro atoms. The number of amides is 1. The van der Waals surface area contributed by atoms with Crippen molar-refractivity contribution >= 4 is 23.6 Å². The molecule has 0 aromatic carbocycles. The van der Waals surface area contributed by atoms with Gasteiger partial charge in [-0.05, 0) is 0 Å². The molecule has 7 heteroatoms.